The molecule has 1 unspecified atom stereocenters. The molecule has 6 nitrogen and oxygen atoms in total. The highest BCUT2D eigenvalue weighted by atomic mass is 16.6. The molecule has 0 aromatic rings. The molecule has 0 aliphatic heterocycles. The molecule has 0 aliphatic carbocycles. The molecule has 0 heterocycles. The Morgan fingerprint density at radius 1 is 0.266 bits per heavy atom. The number of rotatable bonds is 59. The number of carbonyl (C=O) groups excluding carboxylic acids is 3. The van der Waals surface area contributed by atoms with E-state index in [1.54, 1.807) is 0 Å². The van der Waals surface area contributed by atoms with Crippen LogP contribution in [0.5, 0.6) is 0 Å². The molecule has 0 N–H and O–H groups in total. The van der Waals surface area contributed by atoms with Gasteiger partial charge in [-0.25, -0.2) is 0 Å². The zero-order valence-corrected chi connectivity index (χ0v) is 51.6. The molecule has 0 rings (SSSR count). The third-order valence-electron chi connectivity index (χ3n) is 13.9. The molecule has 0 fully saturated rings. The van der Waals surface area contributed by atoms with Gasteiger partial charge in [-0.05, 0) is 128 Å². The molecule has 0 aromatic heterocycles. The van der Waals surface area contributed by atoms with Gasteiger partial charge in [0.25, 0.3) is 0 Å². The summed E-state index contributed by atoms with van der Waals surface area (Å²) in [6, 6.07) is 0. The van der Waals surface area contributed by atoms with Gasteiger partial charge in [0, 0.05) is 19.3 Å². The van der Waals surface area contributed by atoms with Crippen LogP contribution in [0.25, 0.3) is 0 Å². The van der Waals surface area contributed by atoms with E-state index in [0.29, 0.717) is 19.3 Å². The molecule has 0 bridgehead atoms. The van der Waals surface area contributed by atoms with Crippen molar-refractivity contribution in [1.29, 1.82) is 0 Å². The van der Waals surface area contributed by atoms with Crippen molar-refractivity contribution in [2.45, 2.75) is 309 Å². The highest BCUT2D eigenvalue weighted by Gasteiger charge is 2.19. The molecule has 450 valence electrons. The Balaban J connectivity index is 4.42. The summed E-state index contributed by atoms with van der Waals surface area (Å²) in [5, 5.41) is 0. The van der Waals surface area contributed by atoms with E-state index in [9.17, 15) is 14.4 Å². The lowest BCUT2D eigenvalue weighted by Gasteiger charge is -2.18. The smallest absolute Gasteiger partial charge is 0.306 e. The van der Waals surface area contributed by atoms with Crippen LogP contribution in [0.4, 0.5) is 0 Å². The summed E-state index contributed by atoms with van der Waals surface area (Å²) in [7, 11) is 0. The molecule has 0 saturated carbocycles. The number of unbranched alkanes of at least 4 members (excludes halogenated alkanes) is 28. The molecule has 0 radical (unpaired) electrons. The minimum absolute atomic E-state index is 0.0889. The molecule has 0 amide bonds. The first kappa shape index (κ1) is 74.8. The fraction of sp³-hybridized carbons (Fsp3) is 0.685. The van der Waals surface area contributed by atoms with E-state index in [0.717, 1.165) is 128 Å². The maximum atomic E-state index is 12.9. The fourth-order valence-corrected chi connectivity index (χ4v) is 9.04. The lowest BCUT2D eigenvalue weighted by molar-refractivity contribution is -0.167. The second kappa shape index (κ2) is 66.3. The summed E-state index contributed by atoms with van der Waals surface area (Å²) in [6.45, 7) is 6.40. The van der Waals surface area contributed by atoms with Crippen molar-refractivity contribution in [3.05, 3.63) is 122 Å². The molecular formula is C73H122O6. The molecule has 6 heteroatoms. The van der Waals surface area contributed by atoms with Crippen LogP contribution in [0.1, 0.15) is 303 Å². The lowest BCUT2D eigenvalue weighted by atomic mass is 10.1. The van der Waals surface area contributed by atoms with Crippen LogP contribution >= 0.6 is 0 Å². The summed E-state index contributed by atoms with van der Waals surface area (Å²) in [5.41, 5.74) is 0. The van der Waals surface area contributed by atoms with Gasteiger partial charge in [-0.15, -0.1) is 0 Å². The maximum absolute atomic E-state index is 12.9. The number of carbonyl (C=O) groups is 3. The maximum Gasteiger partial charge on any atom is 0.306 e. The van der Waals surface area contributed by atoms with E-state index < -0.39 is 6.10 Å². The van der Waals surface area contributed by atoms with Gasteiger partial charge in [-0.2, -0.15) is 0 Å². The molecular weight excluding hydrogens is 973 g/mol. The fourth-order valence-electron chi connectivity index (χ4n) is 9.04. The zero-order chi connectivity index (χ0) is 57.1. The number of allylic oxidation sites excluding steroid dienone is 20. The highest BCUT2D eigenvalue weighted by Crippen LogP contribution is 2.16. The Kier molecular flexibility index (Phi) is 62.8. The Morgan fingerprint density at radius 2 is 0.494 bits per heavy atom. The third kappa shape index (κ3) is 64.5. The minimum atomic E-state index is -0.795. The molecule has 0 saturated heterocycles. The Bertz CT molecular complexity index is 1640. The van der Waals surface area contributed by atoms with Gasteiger partial charge < -0.3 is 14.2 Å². The first-order chi connectivity index (χ1) is 39.0. The number of ether oxygens (including phenoxy) is 3. The van der Waals surface area contributed by atoms with Crippen LogP contribution in [-0.4, -0.2) is 37.2 Å². The summed E-state index contributed by atoms with van der Waals surface area (Å²) >= 11 is 0. The molecule has 0 aliphatic rings. The number of hydrogen-bond acceptors (Lipinski definition) is 6. The van der Waals surface area contributed by atoms with Crippen molar-refractivity contribution in [3.63, 3.8) is 0 Å². The zero-order valence-electron chi connectivity index (χ0n) is 51.6. The van der Waals surface area contributed by atoms with E-state index in [1.165, 1.54) is 135 Å². The number of esters is 3. The second-order valence-corrected chi connectivity index (χ2v) is 21.6. The molecule has 0 spiro atoms. The first-order valence-electron chi connectivity index (χ1n) is 33.0. The van der Waals surface area contributed by atoms with Gasteiger partial charge in [-0.3, -0.25) is 14.4 Å². The highest BCUT2D eigenvalue weighted by molar-refractivity contribution is 5.71. The average Bonchev–Trinajstić information content (AvgIpc) is 3.45. The van der Waals surface area contributed by atoms with Gasteiger partial charge in [0.15, 0.2) is 6.10 Å². The van der Waals surface area contributed by atoms with E-state index in [2.05, 4.69) is 142 Å². The predicted octanol–water partition coefficient (Wildman–Crippen LogP) is 22.8. The Labute approximate surface area is 488 Å². The standard InChI is InChI=1S/C73H122O6/c1-4-7-10-13-16-19-22-25-28-31-34-35-36-37-40-42-45-48-51-54-57-60-63-66-72(75)78-69-70(79-73(76)67-64-61-58-55-52-49-46-43-39-33-30-27-24-21-18-15-12-9-6-3)68-77-71(74)65-62-59-56-53-50-47-44-41-38-32-29-26-23-20-17-14-11-8-5-2/h7,9-10,12,16-21,25-30,34-35,39,43,70H,4-6,8,11,13-15,22-24,31-33,36-38,40-42,44-69H2,1-3H3/b10-7-,12-9-,19-16-,20-17-,21-18-,28-25-,29-26-,30-27-,35-34-,43-39-. The van der Waals surface area contributed by atoms with Crippen molar-refractivity contribution in [3.8, 4) is 0 Å². The van der Waals surface area contributed by atoms with Gasteiger partial charge in [0.2, 0.25) is 0 Å². The quantitative estimate of drug-likeness (QED) is 0.0261. The van der Waals surface area contributed by atoms with Gasteiger partial charge in [0.1, 0.15) is 13.2 Å². The molecule has 0 aromatic carbocycles. The summed E-state index contributed by atoms with van der Waals surface area (Å²) < 4.78 is 17.0. The summed E-state index contributed by atoms with van der Waals surface area (Å²) in [6.07, 6.45) is 92.0. The van der Waals surface area contributed by atoms with E-state index >= 15 is 0 Å². The summed E-state index contributed by atoms with van der Waals surface area (Å²) in [5.74, 6) is -0.903. The average molecular weight is 1100 g/mol. The van der Waals surface area contributed by atoms with E-state index in [1.807, 2.05) is 0 Å². The number of hydrogen-bond donors (Lipinski definition) is 0. The van der Waals surface area contributed by atoms with Crippen LogP contribution in [0, 0.1) is 0 Å². The normalized spacial score (nSPS) is 12.9. The van der Waals surface area contributed by atoms with Crippen molar-refractivity contribution in [2.24, 2.45) is 0 Å². The topological polar surface area (TPSA) is 78.9 Å². The van der Waals surface area contributed by atoms with Crippen LogP contribution in [0.3, 0.4) is 0 Å². The Morgan fingerprint density at radius 3 is 0.772 bits per heavy atom. The largest absolute Gasteiger partial charge is 0.462 e. The van der Waals surface area contributed by atoms with E-state index in [4.69, 9.17) is 14.2 Å². The molecule has 79 heavy (non-hydrogen) atoms. The first-order valence-corrected chi connectivity index (χ1v) is 33.0. The summed E-state index contributed by atoms with van der Waals surface area (Å²) in [4.78, 5) is 38.4. The third-order valence-corrected chi connectivity index (χ3v) is 13.9. The Hall–Kier alpha value is -4.19. The minimum Gasteiger partial charge on any atom is -0.462 e. The van der Waals surface area contributed by atoms with Crippen LogP contribution in [0.15, 0.2) is 122 Å². The van der Waals surface area contributed by atoms with Crippen LogP contribution in [-0.2, 0) is 28.6 Å². The van der Waals surface area contributed by atoms with Crippen molar-refractivity contribution in [2.75, 3.05) is 13.2 Å². The predicted molar refractivity (Wildman–Crippen MR) is 343 cm³/mol. The van der Waals surface area contributed by atoms with Gasteiger partial charge in [-0.1, -0.05) is 277 Å². The van der Waals surface area contributed by atoms with E-state index in [-0.39, 0.29) is 31.1 Å². The lowest BCUT2D eigenvalue weighted by Crippen LogP contribution is -2.30. The van der Waals surface area contributed by atoms with Gasteiger partial charge in [0.05, 0.1) is 0 Å². The van der Waals surface area contributed by atoms with Crippen LogP contribution < -0.4 is 0 Å². The van der Waals surface area contributed by atoms with Crippen molar-refractivity contribution in [1.82, 2.24) is 0 Å². The van der Waals surface area contributed by atoms with Crippen molar-refractivity contribution < 1.29 is 28.6 Å². The molecule has 1 atom stereocenters. The second-order valence-electron chi connectivity index (χ2n) is 21.6. The van der Waals surface area contributed by atoms with Gasteiger partial charge >= 0.3 is 17.9 Å². The SMILES string of the molecule is CC/C=C\C/C=C\C/C=C\C/C=C\CCCCCCCCCCCCC(=O)OCC(COC(=O)CCCCCCCCCCC/C=C\C/C=C\CCCCC)OC(=O)CCCCCCCC/C=C\C/C=C\C/C=C\C/C=C\CC. The van der Waals surface area contributed by atoms with Crippen LogP contribution in [0.2, 0.25) is 0 Å². The van der Waals surface area contributed by atoms with Crippen molar-refractivity contribution >= 4 is 17.9 Å². The monoisotopic (exact) mass is 1090 g/mol.